The number of aliphatic hydroxyl groups excluding tert-OH is 1. The van der Waals surface area contributed by atoms with Gasteiger partial charge in [0.2, 0.25) is 0 Å². The van der Waals surface area contributed by atoms with Gasteiger partial charge in [-0.15, -0.1) is 0 Å². The van der Waals surface area contributed by atoms with Crippen molar-refractivity contribution in [2.75, 3.05) is 6.61 Å². The summed E-state index contributed by atoms with van der Waals surface area (Å²) in [6.07, 6.45) is 0. The lowest BCUT2D eigenvalue weighted by Crippen LogP contribution is -2.43. The number of nitrogens with two attached hydrogens (primary N) is 2. The van der Waals surface area contributed by atoms with Gasteiger partial charge in [0.25, 0.3) is 0 Å². The van der Waals surface area contributed by atoms with Gasteiger partial charge < -0.3 is 31.3 Å². The molecule has 9 heteroatoms. The molecule has 0 heterocycles. The number of hydrogen-bond acceptors (Lipinski definition) is 5. The lowest BCUT2D eigenvalue weighted by molar-refractivity contribution is -0.121. The second-order valence-corrected chi connectivity index (χ2v) is 3.52. The minimum Gasteiger partial charge on any atom is -0.394 e. The van der Waals surface area contributed by atoms with Gasteiger partial charge >= 0.3 is 7.82 Å². The molecule has 0 saturated carbocycles. The zero-order valence-corrected chi connectivity index (χ0v) is 8.46. The zero-order chi connectivity index (χ0) is 11.9. The van der Waals surface area contributed by atoms with Crippen molar-refractivity contribution in [1.29, 1.82) is 0 Å². The van der Waals surface area contributed by atoms with Crippen LogP contribution in [0.25, 0.3) is 0 Å². The van der Waals surface area contributed by atoms with Gasteiger partial charge in [0.05, 0.1) is 18.7 Å². The number of Topliss-reactive ketones (excluding diaryl/α,β-unsaturated/α-hetero) is 1. The van der Waals surface area contributed by atoms with Crippen molar-refractivity contribution in [1.82, 2.24) is 0 Å². The van der Waals surface area contributed by atoms with Crippen LogP contribution in [0.1, 0.15) is 6.92 Å². The van der Waals surface area contributed by atoms with Crippen LogP contribution in [-0.2, 0) is 9.36 Å². The Morgan fingerprint density at radius 3 is 1.71 bits per heavy atom. The Bertz CT molecular complexity index is 206. The molecular formula is C5H15N2O6P. The molecule has 0 amide bonds. The Labute approximate surface area is 80.8 Å². The van der Waals surface area contributed by atoms with Crippen LogP contribution in [0.15, 0.2) is 0 Å². The molecule has 0 fully saturated rings. The quantitative estimate of drug-likeness (QED) is 0.284. The second-order valence-electron chi connectivity index (χ2n) is 2.49. The normalized spacial score (nSPS) is 15.1. The first-order chi connectivity index (χ1) is 6.09. The second kappa shape index (κ2) is 7.02. The third-order valence-electron chi connectivity index (χ3n) is 1.01. The van der Waals surface area contributed by atoms with Gasteiger partial charge in [-0.05, 0) is 6.92 Å². The molecule has 0 bridgehead atoms. The van der Waals surface area contributed by atoms with E-state index in [0.29, 0.717) is 0 Å². The average Bonchev–Trinajstić information content (AvgIpc) is 1.98. The standard InChI is InChI=1S/C5H12N2O2.H3O4P/c1-3(6)5(9)4(7)2-8;1-5(2,3)4/h3-4,8H,2,6-7H2,1H3;(H3,1,2,3,4). The van der Waals surface area contributed by atoms with E-state index in [-0.39, 0.29) is 12.4 Å². The van der Waals surface area contributed by atoms with Crippen molar-refractivity contribution in [2.45, 2.75) is 19.0 Å². The Balaban J connectivity index is 0. The Morgan fingerprint density at radius 1 is 1.36 bits per heavy atom. The maximum Gasteiger partial charge on any atom is 0.466 e. The first kappa shape index (κ1) is 16.1. The molecule has 86 valence electrons. The van der Waals surface area contributed by atoms with E-state index in [1.54, 1.807) is 0 Å². The molecule has 0 aromatic rings. The molecule has 0 saturated heterocycles. The summed E-state index contributed by atoms with van der Waals surface area (Å²) in [5.74, 6) is -0.308. The van der Waals surface area contributed by atoms with E-state index < -0.39 is 19.9 Å². The number of ketones is 1. The fourth-order valence-corrected chi connectivity index (χ4v) is 0.428. The molecule has 0 aliphatic heterocycles. The molecular weight excluding hydrogens is 215 g/mol. The molecule has 8 N–H and O–H groups in total. The number of carbonyl (C=O) groups is 1. The van der Waals surface area contributed by atoms with Gasteiger partial charge in [-0.1, -0.05) is 0 Å². The van der Waals surface area contributed by atoms with Crippen LogP contribution in [0.4, 0.5) is 0 Å². The molecule has 0 radical (unpaired) electrons. The van der Waals surface area contributed by atoms with E-state index >= 15 is 0 Å². The first-order valence-corrected chi connectivity index (χ1v) is 5.10. The fraction of sp³-hybridized carbons (Fsp3) is 0.800. The van der Waals surface area contributed by atoms with Gasteiger partial charge in [0.15, 0.2) is 5.78 Å². The molecule has 0 rings (SSSR count). The number of phosphoric acid groups is 1. The summed E-state index contributed by atoms with van der Waals surface area (Å²) in [7, 11) is -4.64. The third-order valence-corrected chi connectivity index (χ3v) is 1.01. The topological polar surface area (TPSA) is 167 Å². The summed E-state index contributed by atoms with van der Waals surface area (Å²) >= 11 is 0. The van der Waals surface area contributed by atoms with Crippen molar-refractivity contribution in [3.63, 3.8) is 0 Å². The largest absolute Gasteiger partial charge is 0.466 e. The Morgan fingerprint density at radius 2 is 1.64 bits per heavy atom. The summed E-state index contributed by atoms with van der Waals surface area (Å²) in [5, 5.41) is 8.35. The monoisotopic (exact) mass is 230 g/mol. The number of aliphatic hydroxyl groups is 1. The van der Waals surface area contributed by atoms with Crippen molar-refractivity contribution >= 4 is 13.6 Å². The first-order valence-electron chi connectivity index (χ1n) is 3.53. The predicted octanol–water partition coefficient (Wildman–Crippen LogP) is -2.71. The van der Waals surface area contributed by atoms with E-state index in [1.165, 1.54) is 6.92 Å². The molecule has 14 heavy (non-hydrogen) atoms. The van der Waals surface area contributed by atoms with E-state index in [1.807, 2.05) is 0 Å². The minimum absolute atomic E-state index is 0.308. The van der Waals surface area contributed by atoms with E-state index in [4.69, 9.17) is 35.8 Å². The Hall–Kier alpha value is -0.340. The molecule has 0 aliphatic rings. The molecule has 0 aromatic heterocycles. The number of carbonyl (C=O) groups excluding carboxylic acids is 1. The lowest BCUT2D eigenvalue weighted by atomic mass is 10.1. The van der Waals surface area contributed by atoms with Crippen LogP contribution in [-0.4, -0.2) is 44.3 Å². The highest BCUT2D eigenvalue weighted by atomic mass is 31.2. The maximum atomic E-state index is 10.7. The minimum atomic E-state index is -4.64. The maximum absolute atomic E-state index is 10.7. The van der Waals surface area contributed by atoms with Crippen LogP contribution >= 0.6 is 7.82 Å². The fourth-order valence-electron chi connectivity index (χ4n) is 0.428. The van der Waals surface area contributed by atoms with Gasteiger partial charge in [0, 0.05) is 0 Å². The predicted molar refractivity (Wildman–Crippen MR) is 48.0 cm³/mol. The summed E-state index contributed by atoms with van der Waals surface area (Å²) in [6, 6.07) is -1.39. The summed E-state index contributed by atoms with van der Waals surface area (Å²) in [5.41, 5.74) is 10.3. The zero-order valence-electron chi connectivity index (χ0n) is 7.57. The van der Waals surface area contributed by atoms with Gasteiger partial charge in [-0.3, -0.25) is 4.79 Å². The van der Waals surface area contributed by atoms with Crippen molar-refractivity contribution in [3.8, 4) is 0 Å². The van der Waals surface area contributed by atoms with Gasteiger partial charge in [-0.2, -0.15) is 0 Å². The van der Waals surface area contributed by atoms with E-state index in [9.17, 15) is 4.79 Å². The average molecular weight is 230 g/mol. The molecule has 2 unspecified atom stereocenters. The van der Waals surface area contributed by atoms with Crippen LogP contribution in [0.5, 0.6) is 0 Å². The highest BCUT2D eigenvalue weighted by Crippen LogP contribution is 2.25. The number of rotatable bonds is 3. The number of hydrogen-bond donors (Lipinski definition) is 6. The smallest absolute Gasteiger partial charge is 0.394 e. The summed E-state index contributed by atoms with van der Waals surface area (Å²) in [6.45, 7) is 1.21. The van der Waals surface area contributed by atoms with Crippen molar-refractivity contribution in [2.24, 2.45) is 11.5 Å². The summed E-state index contributed by atoms with van der Waals surface area (Å²) < 4.78 is 8.88. The van der Waals surface area contributed by atoms with E-state index in [0.717, 1.165) is 0 Å². The van der Waals surface area contributed by atoms with Crippen LogP contribution < -0.4 is 11.5 Å². The van der Waals surface area contributed by atoms with Crippen LogP contribution in [0.2, 0.25) is 0 Å². The molecule has 8 nitrogen and oxygen atoms in total. The van der Waals surface area contributed by atoms with Crippen molar-refractivity contribution < 1.29 is 29.1 Å². The SMILES string of the molecule is CC(N)C(=O)C(N)CO.O=P(O)(O)O. The van der Waals surface area contributed by atoms with Gasteiger partial charge in [-0.25, -0.2) is 4.57 Å². The van der Waals surface area contributed by atoms with E-state index in [2.05, 4.69) is 0 Å². The van der Waals surface area contributed by atoms with Crippen LogP contribution in [0.3, 0.4) is 0 Å². The molecule has 0 aromatic carbocycles. The highest BCUT2D eigenvalue weighted by Gasteiger charge is 2.15. The third kappa shape index (κ3) is 14.2. The highest BCUT2D eigenvalue weighted by molar-refractivity contribution is 7.45. The summed E-state index contributed by atoms with van der Waals surface area (Å²) in [4.78, 5) is 32.2. The lowest BCUT2D eigenvalue weighted by Gasteiger charge is -2.08. The van der Waals surface area contributed by atoms with Gasteiger partial charge in [0.1, 0.15) is 0 Å². The molecule has 0 spiro atoms. The van der Waals surface area contributed by atoms with Crippen LogP contribution in [0, 0.1) is 0 Å². The molecule has 2 atom stereocenters. The molecule has 0 aliphatic carbocycles. The Kier molecular flexibility index (Phi) is 8.07. The van der Waals surface area contributed by atoms with Crippen molar-refractivity contribution in [3.05, 3.63) is 0 Å².